The largest absolute Gasteiger partial charge is 0.352 e. The van der Waals surface area contributed by atoms with E-state index in [1.54, 1.807) is 12.1 Å². The minimum Gasteiger partial charge on any atom is -0.352 e. The van der Waals surface area contributed by atoms with Gasteiger partial charge in [0.05, 0.1) is 5.69 Å². The van der Waals surface area contributed by atoms with Crippen LogP contribution in [0.4, 0.5) is 5.69 Å². The zero-order valence-electron chi connectivity index (χ0n) is 18.5. The van der Waals surface area contributed by atoms with Gasteiger partial charge < -0.3 is 15.5 Å². The number of benzene rings is 2. The number of nitrogens with one attached hydrogen (secondary N) is 2. The van der Waals surface area contributed by atoms with Crippen LogP contribution in [0.1, 0.15) is 50.4 Å². The van der Waals surface area contributed by atoms with Gasteiger partial charge in [-0.25, -0.2) is 0 Å². The minimum absolute atomic E-state index is 0.132. The van der Waals surface area contributed by atoms with Gasteiger partial charge in [0.1, 0.15) is 0 Å². The van der Waals surface area contributed by atoms with E-state index in [0.717, 1.165) is 48.7 Å². The predicted molar refractivity (Wildman–Crippen MR) is 130 cm³/mol. The number of nitrogens with zero attached hydrogens (tertiary/aromatic N) is 1. The molecule has 0 spiro atoms. The van der Waals surface area contributed by atoms with Crippen LogP contribution in [-0.4, -0.2) is 42.9 Å². The van der Waals surface area contributed by atoms with Crippen LogP contribution in [0, 0.1) is 0 Å². The lowest BCUT2D eigenvalue weighted by Crippen LogP contribution is -2.31. The molecule has 2 aromatic rings. The van der Waals surface area contributed by atoms with Gasteiger partial charge in [-0.15, -0.1) is 0 Å². The van der Waals surface area contributed by atoms with Gasteiger partial charge in [-0.1, -0.05) is 37.2 Å². The molecule has 0 radical (unpaired) electrons. The maximum Gasteiger partial charge on any atom is 0.251 e. The molecule has 0 saturated heterocycles. The third kappa shape index (κ3) is 8.93. The second-order valence-corrected chi connectivity index (χ2v) is 8.95. The zero-order chi connectivity index (χ0) is 22.6. The summed E-state index contributed by atoms with van der Waals surface area (Å²) in [6.45, 7) is 9.62. The van der Waals surface area contributed by atoms with Crippen molar-refractivity contribution in [2.75, 3.05) is 31.5 Å². The number of rotatable bonds is 12. The molecule has 5 nitrogen and oxygen atoms in total. The van der Waals surface area contributed by atoms with Crippen LogP contribution in [0.5, 0.6) is 0 Å². The maximum absolute atomic E-state index is 12.6. The van der Waals surface area contributed by atoms with E-state index in [4.69, 9.17) is 11.6 Å². The highest BCUT2D eigenvalue weighted by atomic mass is 35.5. The molecule has 0 heterocycles. The first kappa shape index (κ1) is 25.2. The lowest BCUT2D eigenvalue weighted by molar-refractivity contribution is -0.114. The van der Waals surface area contributed by atoms with Gasteiger partial charge >= 0.3 is 0 Å². The Balaban J connectivity index is 2.00. The molecule has 2 amide bonds. The average molecular weight is 462 g/mol. The van der Waals surface area contributed by atoms with Crippen molar-refractivity contribution in [2.45, 2.75) is 49.8 Å². The first-order valence-corrected chi connectivity index (χ1v) is 12.0. The summed E-state index contributed by atoms with van der Waals surface area (Å²) in [6, 6.07) is 12.9. The zero-order valence-corrected chi connectivity index (χ0v) is 20.1. The fraction of sp³-hybridized carbons (Fsp3) is 0.417. The number of carbonyl (C=O) groups excluding carboxylic acids is 2. The highest BCUT2D eigenvalue weighted by molar-refractivity contribution is 7.99. The third-order valence-corrected chi connectivity index (χ3v) is 5.95. The van der Waals surface area contributed by atoms with E-state index in [1.807, 2.05) is 30.3 Å². The minimum atomic E-state index is -0.178. The van der Waals surface area contributed by atoms with E-state index in [1.165, 1.54) is 18.7 Å². The lowest BCUT2D eigenvalue weighted by atomic mass is 10.2. The Morgan fingerprint density at radius 3 is 2.29 bits per heavy atom. The molecule has 0 aliphatic heterocycles. The number of carbonyl (C=O) groups is 2. The van der Waals surface area contributed by atoms with E-state index < -0.39 is 0 Å². The van der Waals surface area contributed by atoms with Gasteiger partial charge in [-0.3, -0.25) is 9.59 Å². The quantitative estimate of drug-likeness (QED) is 0.398. The molecule has 0 bridgehead atoms. The Bertz CT molecular complexity index is 852. The molecular formula is C24H32ClN3O2S. The van der Waals surface area contributed by atoms with Crippen LogP contribution in [-0.2, 0) is 4.79 Å². The number of anilines is 1. The van der Waals surface area contributed by atoms with E-state index in [-0.39, 0.29) is 11.8 Å². The van der Waals surface area contributed by atoms with Crippen molar-refractivity contribution < 1.29 is 9.59 Å². The van der Waals surface area contributed by atoms with Crippen LogP contribution in [0.25, 0.3) is 0 Å². The Kier molecular flexibility index (Phi) is 10.9. The molecule has 2 N–H and O–H groups in total. The fourth-order valence-electron chi connectivity index (χ4n) is 3.25. The number of amides is 2. The Morgan fingerprint density at radius 2 is 1.68 bits per heavy atom. The summed E-state index contributed by atoms with van der Waals surface area (Å²) < 4.78 is 0. The third-order valence-electron chi connectivity index (χ3n) is 4.61. The maximum atomic E-state index is 12.6. The molecule has 2 aromatic carbocycles. The molecule has 0 fully saturated rings. The summed E-state index contributed by atoms with van der Waals surface area (Å²) in [5.41, 5.74) is 1.15. The molecule has 0 unspecified atom stereocenters. The highest BCUT2D eigenvalue weighted by Crippen LogP contribution is 2.34. The molecule has 168 valence electrons. The Labute approximate surface area is 194 Å². The van der Waals surface area contributed by atoms with Crippen LogP contribution >= 0.6 is 23.4 Å². The number of hydrogen-bond donors (Lipinski definition) is 2. The van der Waals surface area contributed by atoms with E-state index in [2.05, 4.69) is 29.4 Å². The normalized spacial score (nSPS) is 10.9. The predicted octanol–water partition coefficient (Wildman–Crippen LogP) is 5.69. The first-order valence-electron chi connectivity index (χ1n) is 10.8. The second kappa shape index (κ2) is 13.4. The van der Waals surface area contributed by atoms with Gasteiger partial charge in [0.2, 0.25) is 5.91 Å². The van der Waals surface area contributed by atoms with E-state index in [9.17, 15) is 9.59 Å². The van der Waals surface area contributed by atoms with Crippen LogP contribution in [0.2, 0.25) is 5.02 Å². The molecular weight excluding hydrogens is 430 g/mol. The SMILES string of the molecule is CCCN(CCC)CCCNC(=O)c1ccc(Sc2ccc(Cl)cc2)c(NC(C)=O)c1. The van der Waals surface area contributed by atoms with Crippen molar-refractivity contribution in [3.05, 3.63) is 53.1 Å². The van der Waals surface area contributed by atoms with Crippen molar-refractivity contribution in [3.63, 3.8) is 0 Å². The molecule has 0 aliphatic rings. The summed E-state index contributed by atoms with van der Waals surface area (Å²) in [5, 5.41) is 6.50. The molecule has 31 heavy (non-hydrogen) atoms. The molecule has 0 aliphatic carbocycles. The first-order chi connectivity index (χ1) is 14.9. The molecule has 0 aromatic heterocycles. The summed E-state index contributed by atoms with van der Waals surface area (Å²) in [4.78, 5) is 28.6. The molecule has 0 saturated carbocycles. The van der Waals surface area contributed by atoms with Crippen molar-refractivity contribution in [1.29, 1.82) is 0 Å². The smallest absolute Gasteiger partial charge is 0.251 e. The van der Waals surface area contributed by atoms with Crippen molar-refractivity contribution in [1.82, 2.24) is 10.2 Å². The van der Waals surface area contributed by atoms with Crippen LogP contribution in [0.15, 0.2) is 52.3 Å². The van der Waals surface area contributed by atoms with Crippen molar-refractivity contribution in [3.8, 4) is 0 Å². The van der Waals surface area contributed by atoms with Crippen molar-refractivity contribution in [2.24, 2.45) is 0 Å². The van der Waals surface area contributed by atoms with Gasteiger partial charge in [-0.2, -0.15) is 0 Å². The topological polar surface area (TPSA) is 61.4 Å². The average Bonchev–Trinajstić information content (AvgIpc) is 2.73. The van der Waals surface area contributed by atoms with Gasteiger partial charge in [-0.05, 0) is 81.4 Å². The van der Waals surface area contributed by atoms with Crippen LogP contribution < -0.4 is 10.6 Å². The fourth-order valence-corrected chi connectivity index (χ4v) is 4.26. The summed E-state index contributed by atoms with van der Waals surface area (Å²) in [5.74, 6) is -0.311. The summed E-state index contributed by atoms with van der Waals surface area (Å²) in [6.07, 6.45) is 3.19. The highest BCUT2D eigenvalue weighted by Gasteiger charge is 2.12. The summed E-state index contributed by atoms with van der Waals surface area (Å²) >= 11 is 7.47. The summed E-state index contributed by atoms with van der Waals surface area (Å²) in [7, 11) is 0. The number of hydrogen-bond acceptors (Lipinski definition) is 4. The number of halogens is 1. The second-order valence-electron chi connectivity index (χ2n) is 7.40. The molecule has 7 heteroatoms. The monoisotopic (exact) mass is 461 g/mol. The Morgan fingerprint density at radius 1 is 1.00 bits per heavy atom. The van der Waals surface area contributed by atoms with E-state index >= 15 is 0 Å². The van der Waals surface area contributed by atoms with Gasteiger partial charge in [0, 0.05) is 33.8 Å². The standard InChI is InChI=1S/C24H32ClN3O2S/c1-4-14-28(15-5-2)16-6-13-26-24(30)19-7-12-23(22(17-19)27-18(3)29)31-21-10-8-20(25)9-11-21/h7-12,17H,4-6,13-16H2,1-3H3,(H,26,30)(H,27,29). The lowest BCUT2D eigenvalue weighted by Gasteiger charge is -2.20. The van der Waals surface area contributed by atoms with E-state index in [0.29, 0.717) is 22.8 Å². The van der Waals surface area contributed by atoms with Crippen LogP contribution in [0.3, 0.4) is 0 Å². The molecule has 2 rings (SSSR count). The van der Waals surface area contributed by atoms with Gasteiger partial charge in [0.25, 0.3) is 5.91 Å². The molecule has 0 atom stereocenters. The Hall–Kier alpha value is -2.02. The van der Waals surface area contributed by atoms with Gasteiger partial charge in [0.15, 0.2) is 0 Å². The van der Waals surface area contributed by atoms with Crippen molar-refractivity contribution >= 4 is 40.9 Å².